The molecule has 2 aromatic carbocycles. The fourth-order valence-corrected chi connectivity index (χ4v) is 4.57. The van der Waals surface area contributed by atoms with Crippen molar-refractivity contribution in [3.05, 3.63) is 54.1 Å². The molecule has 0 saturated heterocycles. The quantitative estimate of drug-likeness (QED) is 0.242. The molecule has 0 spiro atoms. The second kappa shape index (κ2) is 15.5. The van der Waals surface area contributed by atoms with E-state index in [1.54, 1.807) is 69.2 Å². The number of carbonyl (C=O) groups excluding carboxylic acids is 3. The number of hydrogen-bond donors (Lipinski definition) is 3. The molecule has 42 heavy (non-hydrogen) atoms. The number of phenols is 1. The monoisotopic (exact) mass is 583 g/mol. The minimum Gasteiger partial charge on any atom is -0.508 e. The van der Waals surface area contributed by atoms with Gasteiger partial charge in [-0.2, -0.15) is 0 Å². The van der Waals surface area contributed by atoms with E-state index in [4.69, 9.17) is 9.47 Å². The number of amides is 3. The standard InChI is InChI=1S/C33H49N3O6/c1-10-22(4)28(35-32(40)42-33(6,7)8)31(39)36(23(5)12-11-21(2)3)29(24-13-17-26(37)18-14-24)30(38)34-25-15-19-27(41-9)20-16-25/h13-23,28-29,37H,10-12H2,1-9H3,(H,34,38)(H,35,40). The molecular formula is C33H49N3O6. The van der Waals surface area contributed by atoms with Crippen LogP contribution in [-0.2, 0) is 14.3 Å². The molecule has 0 radical (unpaired) electrons. The lowest BCUT2D eigenvalue weighted by atomic mass is 9.93. The van der Waals surface area contributed by atoms with E-state index in [1.807, 2.05) is 20.8 Å². The van der Waals surface area contributed by atoms with E-state index in [0.29, 0.717) is 35.8 Å². The highest BCUT2D eigenvalue weighted by atomic mass is 16.6. The molecule has 3 N–H and O–H groups in total. The summed E-state index contributed by atoms with van der Waals surface area (Å²) in [6.45, 7) is 15.3. The summed E-state index contributed by atoms with van der Waals surface area (Å²) >= 11 is 0. The van der Waals surface area contributed by atoms with Gasteiger partial charge < -0.3 is 30.1 Å². The van der Waals surface area contributed by atoms with Gasteiger partial charge in [-0.1, -0.05) is 46.2 Å². The second-order valence-corrected chi connectivity index (χ2v) is 12.3. The van der Waals surface area contributed by atoms with Crippen molar-refractivity contribution < 1.29 is 29.0 Å². The summed E-state index contributed by atoms with van der Waals surface area (Å²) in [6, 6.07) is 10.9. The summed E-state index contributed by atoms with van der Waals surface area (Å²) in [7, 11) is 1.56. The van der Waals surface area contributed by atoms with Crippen LogP contribution in [-0.4, -0.2) is 52.7 Å². The number of hydrogen-bond acceptors (Lipinski definition) is 6. The molecule has 0 aromatic heterocycles. The van der Waals surface area contributed by atoms with Crippen LogP contribution >= 0.6 is 0 Å². The molecule has 2 rings (SSSR count). The van der Waals surface area contributed by atoms with E-state index in [2.05, 4.69) is 24.5 Å². The number of nitrogens with one attached hydrogen (secondary N) is 2. The van der Waals surface area contributed by atoms with Crippen molar-refractivity contribution >= 4 is 23.6 Å². The Labute approximate surface area is 251 Å². The first-order valence-corrected chi connectivity index (χ1v) is 14.7. The molecule has 0 saturated carbocycles. The van der Waals surface area contributed by atoms with Crippen LogP contribution in [0.3, 0.4) is 0 Å². The number of aromatic hydroxyl groups is 1. The molecule has 3 amide bonds. The van der Waals surface area contributed by atoms with Crippen LogP contribution in [0.25, 0.3) is 0 Å². The lowest BCUT2D eigenvalue weighted by Gasteiger charge is -2.40. The first kappa shape index (κ1) is 34.5. The second-order valence-electron chi connectivity index (χ2n) is 12.3. The Morgan fingerprint density at radius 2 is 1.52 bits per heavy atom. The minimum atomic E-state index is -1.05. The van der Waals surface area contributed by atoms with Gasteiger partial charge in [0.25, 0.3) is 5.91 Å². The normalized spacial score (nSPS) is 14.3. The highest BCUT2D eigenvalue weighted by molar-refractivity contribution is 5.99. The molecule has 0 aliphatic heterocycles. The molecule has 9 heteroatoms. The zero-order valence-electron chi connectivity index (χ0n) is 26.6. The number of anilines is 1. The molecular weight excluding hydrogens is 534 g/mol. The van der Waals surface area contributed by atoms with Crippen molar-refractivity contribution in [2.45, 2.75) is 98.4 Å². The van der Waals surface area contributed by atoms with Crippen molar-refractivity contribution in [2.24, 2.45) is 11.8 Å². The summed E-state index contributed by atoms with van der Waals surface area (Å²) in [5.74, 6) is 0.0321. The smallest absolute Gasteiger partial charge is 0.408 e. The topological polar surface area (TPSA) is 117 Å². The lowest BCUT2D eigenvalue weighted by molar-refractivity contribution is -0.144. The molecule has 9 nitrogen and oxygen atoms in total. The fourth-order valence-electron chi connectivity index (χ4n) is 4.57. The summed E-state index contributed by atoms with van der Waals surface area (Å²) in [6.07, 6.45) is 1.40. The number of benzene rings is 2. The SMILES string of the molecule is CCC(C)C(NC(=O)OC(C)(C)C)C(=O)N(C(C)CCC(C)C)C(C(=O)Nc1ccc(OC)cc1)c1ccc(O)cc1. The number of rotatable bonds is 13. The van der Waals surface area contributed by atoms with Crippen LogP contribution in [0, 0.1) is 11.8 Å². The Hall–Kier alpha value is -3.75. The van der Waals surface area contributed by atoms with Gasteiger partial charge in [-0.25, -0.2) is 4.79 Å². The van der Waals surface area contributed by atoms with E-state index >= 15 is 0 Å². The first-order valence-electron chi connectivity index (χ1n) is 14.7. The van der Waals surface area contributed by atoms with Gasteiger partial charge in [0.1, 0.15) is 29.2 Å². The van der Waals surface area contributed by atoms with Gasteiger partial charge >= 0.3 is 6.09 Å². The average Bonchev–Trinajstić information content (AvgIpc) is 2.92. The van der Waals surface area contributed by atoms with Gasteiger partial charge in [0.05, 0.1) is 7.11 Å². The molecule has 232 valence electrons. The average molecular weight is 584 g/mol. The maximum Gasteiger partial charge on any atom is 0.408 e. The van der Waals surface area contributed by atoms with Crippen molar-refractivity contribution in [1.29, 1.82) is 0 Å². The zero-order chi connectivity index (χ0) is 31.6. The summed E-state index contributed by atoms with van der Waals surface area (Å²) in [5, 5.41) is 15.8. The van der Waals surface area contributed by atoms with Gasteiger partial charge in [0, 0.05) is 11.7 Å². The minimum absolute atomic E-state index is 0.0443. The van der Waals surface area contributed by atoms with Crippen molar-refractivity contribution in [3.63, 3.8) is 0 Å². The number of phenolic OH excluding ortho intramolecular Hbond substituents is 1. The van der Waals surface area contributed by atoms with Gasteiger partial charge in [0.2, 0.25) is 5.91 Å². The predicted molar refractivity (Wildman–Crippen MR) is 165 cm³/mol. The highest BCUT2D eigenvalue weighted by Gasteiger charge is 2.40. The Balaban J connectivity index is 2.62. The number of carbonyl (C=O) groups is 3. The highest BCUT2D eigenvalue weighted by Crippen LogP contribution is 2.31. The van der Waals surface area contributed by atoms with Crippen LogP contribution in [0.1, 0.15) is 86.3 Å². The Kier molecular flexibility index (Phi) is 12.7. The maximum atomic E-state index is 14.6. The first-order chi connectivity index (χ1) is 19.7. The third-order valence-electron chi connectivity index (χ3n) is 7.14. The van der Waals surface area contributed by atoms with Crippen LogP contribution < -0.4 is 15.4 Å². The Morgan fingerprint density at radius 3 is 2.02 bits per heavy atom. The van der Waals surface area contributed by atoms with E-state index in [1.165, 1.54) is 12.1 Å². The fraction of sp³-hybridized carbons (Fsp3) is 0.545. The molecule has 0 aliphatic rings. The number of nitrogens with zero attached hydrogens (tertiary/aromatic N) is 1. The van der Waals surface area contributed by atoms with Crippen molar-refractivity contribution in [3.8, 4) is 11.5 Å². The van der Waals surface area contributed by atoms with Crippen LogP contribution in [0.15, 0.2) is 48.5 Å². The summed E-state index contributed by atoms with van der Waals surface area (Å²) in [4.78, 5) is 43.1. The number of methoxy groups -OCH3 is 1. The maximum absolute atomic E-state index is 14.6. The van der Waals surface area contributed by atoms with Crippen LogP contribution in [0.4, 0.5) is 10.5 Å². The van der Waals surface area contributed by atoms with Crippen LogP contribution in [0.2, 0.25) is 0 Å². The molecule has 0 aliphatic carbocycles. The van der Waals surface area contributed by atoms with Gasteiger partial charge in [0.15, 0.2) is 0 Å². The van der Waals surface area contributed by atoms with E-state index in [9.17, 15) is 19.5 Å². The summed E-state index contributed by atoms with van der Waals surface area (Å²) in [5.41, 5.74) is 0.324. The zero-order valence-corrected chi connectivity index (χ0v) is 26.6. The number of ether oxygens (including phenoxy) is 2. The van der Waals surface area contributed by atoms with E-state index < -0.39 is 29.7 Å². The van der Waals surface area contributed by atoms with Gasteiger partial charge in [-0.3, -0.25) is 9.59 Å². The molecule has 4 unspecified atom stereocenters. The van der Waals surface area contributed by atoms with Crippen LogP contribution in [0.5, 0.6) is 11.5 Å². The van der Waals surface area contributed by atoms with Gasteiger partial charge in [-0.15, -0.1) is 0 Å². The Morgan fingerprint density at radius 1 is 0.929 bits per heavy atom. The largest absolute Gasteiger partial charge is 0.508 e. The number of alkyl carbamates (subject to hydrolysis) is 1. The third-order valence-corrected chi connectivity index (χ3v) is 7.14. The molecule has 0 bridgehead atoms. The predicted octanol–water partition coefficient (Wildman–Crippen LogP) is 6.67. The van der Waals surface area contributed by atoms with Crippen molar-refractivity contribution in [1.82, 2.24) is 10.2 Å². The van der Waals surface area contributed by atoms with Gasteiger partial charge in [-0.05, 0) is 94.3 Å². The van der Waals surface area contributed by atoms with E-state index in [-0.39, 0.29) is 23.6 Å². The van der Waals surface area contributed by atoms with Crippen molar-refractivity contribution in [2.75, 3.05) is 12.4 Å². The summed E-state index contributed by atoms with van der Waals surface area (Å²) < 4.78 is 10.7. The molecule has 4 atom stereocenters. The molecule has 0 fully saturated rings. The molecule has 2 aromatic rings. The van der Waals surface area contributed by atoms with E-state index in [0.717, 1.165) is 6.42 Å². The Bertz CT molecular complexity index is 1160. The lowest BCUT2D eigenvalue weighted by Crippen LogP contribution is -2.57. The third kappa shape index (κ3) is 10.3. The molecule has 0 heterocycles.